The average Bonchev–Trinajstić information content (AvgIpc) is 2.48. The van der Waals surface area contributed by atoms with Crippen LogP contribution >= 0.6 is 24.0 Å². The topological polar surface area (TPSA) is 65.9 Å². The first-order chi connectivity index (χ1) is 10.4. The van der Waals surface area contributed by atoms with Gasteiger partial charge in [-0.1, -0.05) is 12.1 Å². The molecule has 0 fully saturated rings. The summed E-state index contributed by atoms with van der Waals surface area (Å²) in [6.07, 6.45) is -4.35. The van der Waals surface area contributed by atoms with Crippen molar-refractivity contribution < 1.29 is 23.0 Å². The van der Waals surface area contributed by atoms with Crippen LogP contribution in [0.2, 0.25) is 0 Å². The van der Waals surface area contributed by atoms with Gasteiger partial charge in [-0.15, -0.1) is 24.0 Å². The number of aliphatic hydroxyl groups is 1. The smallest absolute Gasteiger partial charge is 0.422 e. The van der Waals surface area contributed by atoms with Gasteiger partial charge < -0.3 is 20.5 Å². The predicted molar refractivity (Wildman–Crippen MR) is 93.3 cm³/mol. The lowest BCUT2D eigenvalue weighted by molar-refractivity contribution is -0.153. The van der Waals surface area contributed by atoms with E-state index < -0.39 is 12.8 Å². The highest BCUT2D eigenvalue weighted by Gasteiger charge is 2.28. The Labute approximate surface area is 150 Å². The van der Waals surface area contributed by atoms with E-state index in [1.54, 1.807) is 12.1 Å². The molecule has 0 saturated carbocycles. The summed E-state index contributed by atoms with van der Waals surface area (Å²) < 4.78 is 40.7. The molecule has 0 radical (unpaired) electrons. The second-order valence-electron chi connectivity index (χ2n) is 4.39. The molecule has 1 aromatic rings. The van der Waals surface area contributed by atoms with Crippen LogP contribution in [0.25, 0.3) is 0 Å². The molecule has 9 heteroatoms. The fourth-order valence-electron chi connectivity index (χ4n) is 1.54. The zero-order valence-corrected chi connectivity index (χ0v) is 15.0. The molecule has 0 unspecified atom stereocenters. The number of nitrogens with zero attached hydrogens (tertiary/aromatic N) is 1. The summed E-state index contributed by atoms with van der Waals surface area (Å²) in [5.41, 5.74) is 0.834. The van der Waals surface area contributed by atoms with E-state index in [-0.39, 0.29) is 36.3 Å². The molecule has 0 atom stereocenters. The molecule has 0 spiro atoms. The number of aliphatic hydroxyl groups excluding tert-OH is 1. The monoisotopic (exact) mass is 447 g/mol. The van der Waals surface area contributed by atoms with Gasteiger partial charge in [-0.25, -0.2) is 4.99 Å². The molecule has 1 aromatic carbocycles. The van der Waals surface area contributed by atoms with E-state index in [4.69, 9.17) is 5.11 Å². The van der Waals surface area contributed by atoms with Gasteiger partial charge in [0, 0.05) is 13.1 Å². The minimum Gasteiger partial charge on any atom is -0.484 e. The summed E-state index contributed by atoms with van der Waals surface area (Å²) >= 11 is 0. The van der Waals surface area contributed by atoms with Crippen LogP contribution in [0.1, 0.15) is 12.5 Å². The third-order valence-corrected chi connectivity index (χ3v) is 2.49. The van der Waals surface area contributed by atoms with Crippen LogP contribution in [-0.2, 0) is 6.54 Å². The molecule has 0 bridgehead atoms. The van der Waals surface area contributed by atoms with Crippen LogP contribution < -0.4 is 15.4 Å². The largest absolute Gasteiger partial charge is 0.484 e. The first kappa shape index (κ1) is 21.8. The molecule has 0 amide bonds. The Morgan fingerprint density at radius 1 is 1.22 bits per heavy atom. The van der Waals surface area contributed by atoms with Crippen LogP contribution in [0.5, 0.6) is 5.75 Å². The van der Waals surface area contributed by atoms with Crippen molar-refractivity contribution >= 4 is 29.9 Å². The molecule has 1 rings (SSSR count). The maximum atomic E-state index is 12.0. The lowest BCUT2D eigenvalue weighted by Crippen LogP contribution is -2.38. The Morgan fingerprint density at radius 2 is 1.87 bits per heavy atom. The van der Waals surface area contributed by atoms with Gasteiger partial charge >= 0.3 is 6.18 Å². The highest BCUT2D eigenvalue weighted by Crippen LogP contribution is 2.19. The minimum absolute atomic E-state index is 0. The second kappa shape index (κ2) is 11.3. The van der Waals surface area contributed by atoms with E-state index >= 15 is 0 Å². The summed E-state index contributed by atoms with van der Waals surface area (Å²) in [6, 6.07) is 6.27. The van der Waals surface area contributed by atoms with Crippen molar-refractivity contribution in [2.75, 3.05) is 26.3 Å². The number of alkyl halides is 3. The van der Waals surface area contributed by atoms with Crippen molar-refractivity contribution in [3.05, 3.63) is 29.8 Å². The highest BCUT2D eigenvalue weighted by molar-refractivity contribution is 14.0. The van der Waals surface area contributed by atoms with Crippen molar-refractivity contribution in [2.45, 2.75) is 19.6 Å². The molecular weight excluding hydrogens is 426 g/mol. The quantitative estimate of drug-likeness (QED) is 0.341. The second-order valence-corrected chi connectivity index (χ2v) is 4.39. The van der Waals surface area contributed by atoms with Gasteiger partial charge in [0.05, 0.1) is 13.2 Å². The average molecular weight is 447 g/mol. The first-order valence-electron chi connectivity index (χ1n) is 6.86. The molecule has 0 heterocycles. The van der Waals surface area contributed by atoms with Gasteiger partial charge in [0.2, 0.25) is 0 Å². The summed E-state index contributed by atoms with van der Waals surface area (Å²) in [4.78, 5) is 4.30. The van der Waals surface area contributed by atoms with E-state index in [9.17, 15) is 13.2 Å². The summed E-state index contributed by atoms with van der Waals surface area (Å²) in [7, 11) is 0. The predicted octanol–water partition coefficient (Wildman–Crippen LogP) is 2.29. The van der Waals surface area contributed by atoms with E-state index in [1.807, 2.05) is 6.92 Å². The summed E-state index contributed by atoms with van der Waals surface area (Å²) in [6.45, 7) is 2.04. The van der Waals surface area contributed by atoms with Crippen LogP contribution in [0, 0.1) is 0 Å². The van der Waals surface area contributed by atoms with Crippen LogP contribution in [0.15, 0.2) is 29.3 Å². The lowest BCUT2D eigenvalue weighted by Gasteiger charge is -2.11. The Morgan fingerprint density at radius 3 is 2.39 bits per heavy atom. The minimum atomic E-state index is -4.35. The Balaban J connectivity index is 0.00000484. The number of nitrogens with one attached hydrogen (secondary N) is 2. The number of halogens is 4. The first-order valence-corrected chi connectivity index (χ1v) is 6.86. The Kier molecular flexibility index (Phi) is 10.7. The van der Waals surface area contributed by atoms with Gasteiger partial charge in [-0.3, -0.25) is 0 Å². The third kappa shape index (κ3) is 10.2. The summed E-state index contributed by atoms with van der Waals surface area (Å²) in [5, 5.41) is 14.7. The standard InChI is InChI=1S/C14H20F3N3O2.HI/c1-2-18-13(19-7-8-21)20-9-11-3-5-12(6-4-11)22-10-14(15,16)17;/h3-6,21H,2,7-10H2,1H3,(H2,18,19,20);1H. The fraction of sp³-hybridized carbons (Fsp3) is 0.500. The van der Waals surface area contributed by atoms with Crippen LogP contribution in [0.3, 0.4) is 0 Å². The van der Waals surface area contributed by atoms with Gasteiger partial charge in [-0.2, -0.15) is 13.2 Å². The third-order valence-electron chi connectivity index (χ3n) is 2.49. The molecule has 0 aliphatic rings. The lowest BCUT2D eigenvalue weighted by atomic mass is 10.2. The number of rotatable bonds is 7. The van der Waals surface area contributed by atoms with E-state index in [0.29, 0.717) is 25.6 Å². The zero-order valence-electron chi connectivity index (χ0n) is 12.7. The molecule has 3 N–H and O–H groups in total. The van der Waals surface area contributed by atoms with Crippen molar-refractivity contribution in [1.82, 2.24) is 10.6 Å². The van der Waals surface area contributed by atoms with Crippen molar-refractivity contribution in [2.24, 2.45) is 4.99 Å². The Bertz CT molecular complexity index is 467. The van der Waals surface area contributed by atoms with E-state index in [1.165, 1.54) is 12.1 Å². The molecule has 0 aliphatic carbocycles. The van der Waals surface area contributed by atoms with Crippen LogP contribution in [-0.4, -0.2) is 43.5 Å². The van der Waals surface area contributed by atoms with Crippen molar-refractivity contribution in [3.63, 3.8) is 0 Å². The van der Waals surface area contributed by atoms with E-state index in [0.717, 1.165) is 5.56 Å². The number of benzene rings is 1. The van der Waals surface area contributed by atoms with Gasteiger partial charge in [-0.05, 0) is 24.6 Å². The number of ether oxygens (including phenoxy) is 1. The van der Waals surface area contributed by atoms with E-state index in [2.05, 4.69) is 20.4 Å². The highest BCUT2D eigenvalue weighted by atomic mass is 127. The zero-order chi connectivity index (χ0) is 16.4. The number of hydrogen-bond donors (Lipinski definition) is 3. The van der Waals surface area contributed by atoms with Gasteiger partial charge in [0.1, 0.15) is 5.75 Å². The maximum absolute atomic E-state index is 12.0. The molecular formula is C14H21F3IN3O2. The Hall–Kier alpha value is -1.23. The molecule has 23 heavy (non-hydrogen) atoms. The number of guanidine groups is 1. The molecule has 132 valence electrons. The van der Waals surface area contributed by atoms with Crippen LogP contribution in [0.4, 0.5) is 13.2 Å². The molecule has 0 aliphatic heterocycles. The number of hydrogen-bond acceptors (Lipinski definition) is 3. The summed E-state index contributed by atoms with van der Waals surface area (Å²) in [5.74, 6) is 0.726. The molecule has 0 aromatic heterocycles. The fourth-order valence-corrected chi connectivity index (χ4v) is 1.54. The normalized spacial score (nSPS) is 11.6. The van der Waals surface area contributed by atoms with Crippen molar-refractivity contribution in [1.29, 1.82) is 0 Å². The van der Waals surface area contributed by atoms with Gasteiger partial charge in [0.25, 0.3) is 0 Å². The van der Waals surface area contributed by atoms with Crippen molar-refractivity contribution in [3.8, 4) is 5.75 Å². The molecule has 0 saturated heterocycles. The molecule has 5 nitrogen and oxygen atoms in total. The van der Waals surface area contributed by atoms with Gasteiger partial charge in [0.15, 0.2) is 12.6 Å². The number of aliphatic imine (C=N–C) groups is 1. The SMILES string of the molecule is CCNC(=NCc1ccc(OCC(F)(F)F)cc1)NCCO.I. The maximum Gasteiger partial charge on any atom is 0.422 e.